The molecular weight excluding hydrogens is 124 g/mol. The van der Waals surface area contributed by atoms with Crippen molar-refractivity contribution in [2.45, 2.75) is 33.7 Å². The van der Waals surface area contributed by atoms with Crippen LogP contribution in [0.15, 0.2) is 0 Å². The zero-order valence-corrected chi connectivity index (χ0v) is 7.73. The summed E-state index contributed by atoms with van der Waals surface area (Å²) in [7, 11) is 1.91. The molecule has 2 nitrogen and oxygen atoms in total. The minimum Gasteiger partial charge on any atom is -0.261 e. The molecule has 0 radical (unpaired) electrons. The van der Waals surface area contributed by atoms with E-state index >= 15 is 0 Å². The van der Waals surface area contributed by atoms with Crippen molar-refractivity contribution in [1.29, 1.82) is 0 Å². The molecule has 0 heterocycles. The lowest BCUT2D eigenvalue weighted by Gasteiger charge is -2.23. The molecule has 0 saturated carbocycles. The minimum atomic E-state index is 0.546. The van der Waals surface area contributed by atoms with Crippen molar-refractivity contribution < 1.29 is 0 Å². The third-order valence-corrected chi connectivity index (χ3v) is 2.21. The van der Waals surface area contributed by atoms with Crippen LogP contribution in [-0.2, 0) is 0 Å². The van der Waals surface area contributed by atoms with Crippen molar-refractivity contribution in [3.8, 4) is 0 Å². The summed E-state index contributed by atoms with van der Waals surface area (Å²) < 4.78 is 0. The summed E-state index contributed by atoms with van der Waals surface area (Å²) in [5.41, 5.74) is 6.13. The van der Waals surface area contributed by atoms with Gasteiger partial charge in [-0.15, -0.1) is 0 Å². The van der Waals surface area contributed by atoms with Gasteiger partial charge < -0.3 is 0 Å². The maximum absolute atomic E-state index is 3.18. The first-order valence-corrected chi connectivity index (χ1v) is 4.01. The lowest BCUT2D eigenvalue weighted by atomic mass is 9.92. The summed E-state index contributed by atoms with van der Waals surface area (Å²) in [6.07, 6.45) is 0. The van der Waals surface area contributed by atoms with E-state index < -0.39 is 0 Å². The Bertz CT molecular complexity index is 81.3. The second-order valence-corrected chi connectivity index (χ2v) is 3.29. The second-order valence-electron chi connectivity index (χ2n) is 3.29. The zero-order valence-electron chi connectivity index (χ0n) is 7.73. The van der Waals surface area contributed by atoms with E-state index in [0.29, 0.717) is 12.0 Å². The molecule has 0 aromatic rings. The van der Waals surface area contributed by atoms with Crippen molar-refractivity contribution in [1.82, 2.24) is 10.9 Å². The fourth-order valence-electron chi connectivity index (χ4n) is 0.936. The molecule has 0 fully saturated rings. The topological polar surface area (TPSA) is 24.1 Å². The predicted molar refractivity (Wildman–Crippen MR) is 45.7 cm³/mol. The van der Waals surface area contributed by atoms with Gasteiger partial charge in [0, 0.05) is 6.04 Å². The molecular formula is C8H20N2. The van der Waals surface area contributed by atoms with Gasteiger partial charge in [-0.3, -0.25) is 10.9 Å². The molecule has 0 aliphatic carbocycles. The van der Waals surface area contributed by atoms with E-state index in [9.17, 15) is 0 Å². The van der Waals surface area contributed by atoms with E-state index in [2.05, 4.69) is 38.5 Å². The van der Waals surface area contributed by atoms with Crippen LogP contribution in [0.3, 0.4) is 0 Å². The molecule has 0 bridgehead atoms. The normalized spacial score (nSPS) is 17.4. The second kappa shape index (κ2) is 4.69. The highest BCUT2D eigenvalue weighted by Gasteiger charge is 2.13. The highest BCUT2D eigenvalue weighted by atomic mass is 15.3. The van der Waals surface area contributed by atoms with Gasteiger partial charge in [0.05, 0.1) is 0 Å². The Morgan fingerprint density at radius 3 is 1.80 bits per heavy atom. The maximum Gasteiger partial charge on any atom is 0.0212 e. The van der Waals surface area contributed by atoms with Gasteiger partial charge in [0.1, 0.15) is 0 Å². The van der Waals surface area contributed by atoms with Crippen LogP contribution in [0, 0.1) is 11.8 Å². The number of hydrazine groups is 1. The SMILES string of the molecule is CNNC(C)[C@@H](C)C(C)C. The van der Waals surface area contributed by atoms with Gasteiger partial charge in [0.25, 0.3) is 0 Å². The number of hydrogen-bond donors (Lipinski definition) is 2. The summed E-state index contributed by atoms with van der Waals surface area (Å²) in [5.74, 6) is 1.46. The highest BCUT2D eigenvalue weighted by molar-refractivity contribution is 4.68. The van der Waals surface area contributed by atoms with E-state index in [1.165, 1.54) is 0 Å². The Morgan fingerprint density at radius 2 is 1.50 bits per heavy atom. The third kappa shape index (κ3) is 3.18. The van der Waals surface area contributed by atoms with Crippen LogP contribution in [0.1, 0.15) is 27.7 Å². The molecule has 0 aliphatic heterocycles. The van der Waals surface area contributed by atoms with E-state index in [-0.39, 0.29) is 0 Å². The molecule has 0 saturated heterocycles. The average molecular weight is 144 g/mol. The van der Waals surface area contributed by atoms with Gasteiger partial charge in [0.15, 0.2) is 0 Å². The van der Waals surface area contributed by atoms with Crippen LogP contribution in [0.25, 0.3) is 0 Å². The van der Waals surface area contributed by atoms with Crippen LogP contribution < -0.4 is 10.9 Å². The largest absolute Gasteiger partial charge is 0.261 e. The van der Waals surface area contributed by atoms with E-state index in [1.54, 1.807) is 0 Å². The molecule has 2 N–H and O–H groups in total. The van der Waals surface area contributed by atoms with Crippen LogP contribution in [0.4, 0.5) is 0 Å². The molecule has 0 rings (SSSR count). The first-order valence-electron chi connectivity index (χ1n) is 4.01. The van der Waals surface area contributed by atoms with Crippen molar-refractivity contribution in [2.75, 3.05) is 7.05 Å². The summed E-state index contributed by atoms with van der Waals surface area (Å²) in [4.78, 5) is 0. The van der Waals surface area contributed by atoms with Crippen molar-refractivity contribution in [2.24, 2.45) is 11.8 Å². The lowest BCUT2D eigenvalue weighted by molar-refractivity contribution is 0.297. The summed E-state index contributed by atoms with van der Waals surface area (Å²) >= 11 is 0. The van der Waals surface area contributed by atoms with Gasteiger partial charge in [-0.2, -0.15) is 0 Å². The van der Waals surface area contributed by atoms with Crippen LogP contribution in [-0.4, -0.2) is 13.1 Å². The van der Waals surface area contributed by atoms with Gasteiger partial charge in [-0.25, -0.2) is 0 Å². The predicted octanol–water partition coefficient (Wildman–Crippen LogP) is 1.39. The van der Waals surface area contributed by atoms with Crippen LogP contribution >= 0.6 is 0 Å². The quantitative estimate of drug-likeness (QED) is 0.583. The lowest BCUT2D eigenvalue weighted by Crippen LogP contribution is -2.41. The Labute approximate surface area is 64.4 Å². The highest BCUT2D eigenvalue weighted by Crippen LogP contribution is 2.12. The molecule has 0 amide bonds. The van der Waals surface area contributed by atoms with Gasteiger partial charge in [0.2, 0.25) is 0 Å². The van der Waals surface area contributed by atoms with Crippen molar-refractivity contribution in [3.05, 3.63) is 0 Å². The van der Waals surface area contributed by atoms with Gasteiger partial charge in [-0.1, -0.05) is 20.8 Å². The number of hydrogen-bond acceptors (Lipinski definition) is 2. The molecule has 1 unspecified atom stereocenters. The zero-order chi connectivity index (χ0) is 8.15. The first-order chi connectivity index (χ1) is 4.59. The fraction of sp³-hybridized carbons (Fsp3) is 1.00. The standard InChI is InChI=1S/C8H20N2/c1-6(2)7(3)8(4)10-9-5/h6-10H,1-5H3/t7-,8?/m0/s1. The average Bonchev–Trinajstić information content (AvgIpc) is 1.87. The van der Waals surface area contributed by atoms with Gasteiger partial charge >= 0.3 is 0 Å². The van der Waals surface area contributed by atoms with E-state index in [4.69, 9.17) is 0 Å². The Hall–Kier alpha value is -0.0800. The number of nitrogens with one attached hydrogen (secondary N) is 2. The molecule has 0 aromatic heterocycles. The fourth-order valence-corrected chi connectivity index (χ4v) is 0.936. The minimum absolute atomic E-state index is 0.546. The summed E-state index contributed by atoms with van der Waals surface area (Å²) in [5, 5.41) is 0. The molecule has 0 aromatic carbocycles. The monoisotopic (exact) mass is 144 g/mol. The van der Waals surface area contributed by atoms with Crippen molar-refractivity contribution in [3.63, 3.8) is 0 Å². The van der Waals surface area contributed by atoms with Crippen molar-refractivity contribution >= 4 is 0 Å². The van der Waals surface area contributed by atoms with E-state index in [0.717, 1.165) is 5.92 Å². The Balaban J connectivity index is 3.58. The number of rotatable bonds is 4. The van der Waals surface area contributed by atoms with Crippen LogP contribution in [0.5, 0.6) is 0 Å². The molecule has 10 heavy (non-hydrogen) atoms. The third-order valence-electron chi connectivity index (χ3n) is 2.21. The van der Waals surface area contributed by atoms with E-state index in [1.807, 2.05) is 7.05 Å². The smallest absolute Gasteiger partial charge is 0.0212 e. The Morgan fingerprint density at radius 1 is 1.00 bits per heavy atom. The molecule has 0 spiro atoms. The summed E-state index contributed by atoms with van der Waals surface area (Å²) in [6.45, 7) is 8.96. The first kappa shape index (κ1) is 9.92. The molecule has 62 valence electrons. The van der Waals surface area contributed by atoms with Crippen LogP contribution in [0.2, 0.25) is 0 Å². The molecule has 2 heteroatoms. The molecule has 0 aliphatic rings. The van der Waals surface area contributed by atoms with Gasteiger partial charge in [-0.05, 0) is 25.8 Å². The summed E-state index contributed by atoms with van der Waals surface area (Å²) in [6, 6.07) is 0.546. The Kier molecular flexibility index (Phi) is 4.65. The maximum atomic E-state index is 3.18. The molecule has 2 atom stereocenters.